The molecule has 0 saturated carbocycles. The zero-order valence-electron chi connectivity index (χ0n) is 16.2. The van der Waals surface area contributed by atoms with E-state index in [9.17, 15) is 4.79 Å². The quantitative estimate of drug-likeness (QED) is 0.497. The van der Waals surface area contributed by atoms with E-state index in [1.165, 1.54) is 0 Å². The van der Waals surface area contributed by atoms with Gasteiger partial charge in [0.2, 0.25) is 0 Å². The summed E-state index contributed by atoms with van der Waals surface area (Å²) in [7, 11) is 0. The molecule has 0 radical (unpaired) electrons. The predicted molar refractivity (Wildman–Crippen MR) is 114 cm³/mol. The molecule has 2 N–H and O–H groups in total. The number of carbonyl (C=O) groups excluding carboxylic acids is 1. The third-order valence-corrected chi connectivity index (χ3v) is 4.36. The predicted octanol–water partition coefficient (Wildman–Crippen LogP) is 3.48. The summed E-state index contributed by atoms with van der Waals surface area (Å²) in [6, 6.07) is 18.8. The molecule has 3 aromatic heterocycles. The highest BCUT2D eigenvalue weighted by atomic mass is 16.1. The zero-order valence-corrected chi connectivity index (χ0v) is 16.2. The molecule has 7 heteroatoms. The van der Waals surface area contributed by atoms with E-state index in [1.807, 2.05) is 54.6 Å². The van der Waals surface area contributed by atoms with Crippen molar-refractivity contribution in [2.75, 3.05) is 5.32 Å². The smallest absolute Gasteiger partial charge is 0.270 e. The molecule has 4 aromatic rings. The number of pyridine rings is 2. The topological polar surface area (TPSA) is 92.7 Å². The summed E-state index contributed by atoms with van der Waals surface area (Å²) < 4.78 is 0. The van der Waals surface area contributed by atoms with Crippen molar-refractivity contribution in [1.29, 1.82) is 0 Å². The van der Waals surface area contributed by atoms with Crippen LogP contribution in [0.1, 0.15) is 21.6 Å². The van der Waals surface area contributed by atoms with Gasteiger partial charge in [-0.3, -0.25) is 14.8 Å². The highest BCUT2D eigenvalue weighted by Gasteiger charge is 2.13. The van der Waals surface area contributed by atoms with Crippen molar-refractivity contribution in [3.05, 3.63) is 102 Å². The van der Waals surface area contributed by atoms with E-state index in [2.05, 4.69) is 30.6 Å². The molecule has 7 nitrogen and oxygen atoms in total. The van der Waals surface area contributed by atoms with E-state index in [1.54, 1.807) is 30.9 Å². The molecule has 0 aliphatic carbocycles. The lowest BCUT2D eigenvalue weighted by molar-refractivity contribution is 0.0946. The lowest BCUT2D eigenvalue weighted by Gasteiger charge is -2.11. The van der Waals surface area contributed by atoms with Crippen molar-refractivity contribution in [1.82, 2.24) is 25.3 Å². The molecule has 0 unspecified atom stereocenters. The number of rotatable bonds is 7. The van der Waals surface area contributed by atoms with Crippen molar-refractivity contribution in [3.8, 4) is 11.4 Å². The average molecular weight is 396 g/mol. The normalized spacial score (nSPS) is 10.4. The van der Waals surface area contributed by atoms with Crippen LogP contribution in [0, 0.1) is 0 Å². The number of aromatic nitrogens is 4. The molecule has 0 bridgehead atoms. The Kier molecular flexibility index (Phi) is 6.00. The van der Waals surface area contributed by atoms with Gasteiger partial charge in [-0.15, -0.1) is 0 Å². The summed E-state index contributed by atoms with van der Waals surface area (Å²) in [4.78, 5) is 30.0. The molecule has 0 saturated heterocycles. The largest absolute Gasteiger partial charge is 0.366 e. The molecular weight excluding hydrogens is 376 g/mol. The van der Waals surface area contributed by atoms with E-state index < -0.39 is 0 Å². The maximum Gasteiger partial charge on any atom is 0.270 e. The Morgan fingerprint density at radius 2 is 1.50 bits per heavy atom. The van der Waals surface area contributed by atoms with Gasteiger partial charge >= 0.3 is 0 Å². The number of nitrogens with zero attached hydrogens (tertiary/aromatic N) is 4. The number of hydrogen-bond acceptors (Lipinski definition) is 6. The molecule has 1 aromatic carbocycles. The van der Waals surface area contributed by atoms with Crippen LogP contribution in [0.15, 0.2) is 85.5 Å². The third kappa shape index (κ3) is 5.02. The summed E-state index contributed by atoms with van der Waals surface area (Å²) in [5, 5.41) is 6.15. The molecule has 148 valence electrons. The maximum atomic E-state index is 12.8. The van der Waals surface area contributed by atoms with E-state index in [4.69, 9.17) is 0 Å². The highest BCUT2D eigenvalue weighted by Crippen LogP contribution is 2.18. The molecular formula is C23H20N6O. The standard InChI is InChI=1S/C23H20N6O/c30-23(27-16-18-7-5-11-25-14-18)20-12-21(26-15-17-6-4-10-24-13-17)29-22(28-20)19-8-2-1-3-9-19/h1-14H,15-16H2,(H,27,30)(H,26,28,29). The van der Waals surface area contributed by atoms with Gasteiger partial charge in [0.1, 0.15) is 11.5 Å². The Bertz CT molecular complexity index is 1100. The van der Waals surface area contributed by atoms with Gasteiger partial charge in [-0.05, 0) is 23.3 Å². The third-order valence-electron chi connectivity index (χ3n) is 4.36. The second-order valence-electron chi connectivity index (χ2n) is 6.59. The number of carbonyl (C=O) groups is 1. The van der Waals surface area contributed by atoms with Crippen molar-refractivity contribution < 1.29 is 4.79 Å². The average Bonchev–Trinajstić information content (AvgIpc) is 2.83. The number of nitrogens with one attached hydrogen (secondary N) is 2. The summed E-state index contributed by atoms with van der Waals surface area (Å²) in [6.07, 6.45) is 6.93. The molecule has 0 spiro atoms. The van der Waals surface area contributed by atoms with Crippen LogP contribution in [0.4, 0.5) is 5.82 Å². The fourth-order valence-corrected chi connectivity index (χ4v) is 2.84. The van der Waals surface area contributed by atoms with E-state index in [0.29, 0.717) is 30.4 Å². The van der Waals surface area contributed by atoms with Gasteiger partial charge in [-0.25, -0.2) is 9.97 Å². The first-order chi connectivity index (χ1) is 14.8. The van der Waals surface area contributed by atoms with Gasteiger partial charge in [0.15, 0.2) is 5.82 Å². The van der Waals surface area contributed by atoms with Gasteiger partial charge in [0.25, 0.3) is 5.91 Å². The first-order valence-electron chi connectivity index (χ1n) is 9.52. The second kappa shape index (κ2) is 9.38. The minimum absolute atomic E-state index is 0.275. The summed E-state index contributed by atoms with van der Waals surface area (Å²) in [5.74, 6) is 0.778. The number of amides is 1. The zero-order chi connectivity index (χ0) is 20.6. The lowest BCUT2D eigenvalue weighted by atomic mass is 10.2. The number of hydrogen-bond donors (Lipinski definition) is 2. The van der Waals surface area contributed by atoms with Crippen molar-refractivity contribution in [2.45, 2.75) is 13.1 Å². The van der Waals surface area contributed by atoms with Crippen LogP contribution < -0.4 is 10.6 Å². The van der Waals surface area contributed by atoms with Gasteiger partial charge in [0.05, 0.1) is 0 Å². The minimum atomic E-state index is -0.275. The van der Waals surface area contributed by atoms with Gasteiger partial charge in [-0.1, -0.05) is 42.5 Å². The first-order valence-corrected chi connectivity index (χ1v) is 9.52. The van der Waals surface area contributed by atoms with Crippen molar-refractivity contribution >= 4 is 11.7 Å². The Hall–Kier alpha value is -4.13. The fraction of sp³-hybridized carbons (Fsp3) is 0.0870. The Labute approximate surface area is 174 Å². The molecule has 0 fully saturated rings. The molecule has 0 aliphatic rings. The van der Waals surface area contributed by atoms with Crippen LogP contribution in [0.5, 0.6) is 0 Å². The molecule has 0 aliphatic heterocycles. The number of anilines is 1. The number of benzene rings is 1. The van der Waals surface area contributed by atoms with E-state index >= 15 is 0 Å². The maximum absolute atomic E-state index is 12.8. The Morgan fingerprint density at radius 1 is 0.800 bits per heavy atom. The minimum Gasteiger partial charge on any atom is -0.366 e. The van der Waals surface area contributed by atoms with Crippen molar-refractivity contribution in [2.24, 2.45) is 0 Å². The highest BCUT2D eigenvalue weighted by molar-refractivity contribution is 5.93. The molecule has 30 heavy (non-hydrogen) atoms. The fourth-order valence-electron chi connectivity index (χ4n) is 2.84. The van der Waals surface area contributed by atoms with Gasteiger partial charge in [-0.2, -0.15) is 0 Å². The van der Waals surface area contributed by atoms with E-state index in [-0.39, 0.29) is 5.91 Å². The van der Waals surface area contributed by atoms with Crippen LogP contribution in [0.2, 0.25) is 0 Å². The molecule has 3 heterocycles. The van der Waals surface area contributed by atoms with Gasteiger partial charge < -0.3 is 10.6 Å². The Morgan fingerprint density at radius 3 is 2.17 bits per heavy atom. The lowest BCUT2D eigenvalue weighted by Crippen LogP contribution is -2.24. The summed E-state index contributed by atoms with van der Waals surface area (Å²) in [5.41, 5.74) is 3.06. The van der Waals surface area contributed by atoms with Crippen LogP contribution in [0.3, 0.4) is 0 Å². The van der Waals surface area contributed by atoms with E-state index in [0.717, 1.165) is 16.7 Å². The van der Waals surface area contributed by atoms with Crippen LogP contribution in [-0.2, 0) is 13.1 Å². The molecule has 1 amide bonds. The van der Waals surface area contributed by atoms with Gasteiger partial charge in [0, 0.05) is 49.5 Å². The summed E-state index contributed by atoms with van der Waals surface area (Å²) in [6.45, 7) is 0.908. The van der Waals surface area contributed by atoms with Crippen LogP contribution in [0.25, 0.3) is 11.4 Å². The van der Waals surface area contributed by atoms with Crippen molar-refractivity contribution in [3.63, 3.8) is 0 Å². The molecule has 4 rings (SSSR count). The van der Waals surface area contributed by atoms with Crippen LogP contribution in [-0.4, -0.2) is 25.8 Å². The monoisotopic (exact) mass is 396 g/mol. The summed E-state index contributed by atoms with van der Waals surface area (Å²) >= 11 is 0. The second-order valence-corrected chi connectivity index (χ2v) is 6.59. The van der Waals surface area contributed by atoms with Crippen LogP contribution >= 0.6 is 0 Å². The SMILES string of the molecule is O=C(NCc1cccnc1)c1cc(NCc2cccnc2)nc(-c2ccccc2)n1. The Balaban J connectivity index is 1.57. The molecule has 0 atom stereocenters. The first kappa shape index (κ1) is 19.2.